The fourth-order valence-corrected chi connectivity index (χ4v) is 2.50. The Hall–Kier alpha value is -1.70. The molecule has 0 spiro atoms. The Morgan fingerprint density at radius 3 is 2.67 bits per heavy atom. The lowest BCUT2D eigenvalue weighted by Crippen LogP contribution is -2.24. The van der Waals surface area contributed by atoms with Gasteiger partial charge in [0.05, 0.1) is 5.69 Å². The molecule has 128 valence electrons. The summed E-state index contributed by atoms with van der Waals surface area (Å²) < 4.78 is 8.24. The van der Waals surface area contributed by atoms with Crippen LogP contribution < -0.4 is 5.32 Å². The van der Waals surface area contributed by atoms with Crippen molar-refractivity contribution in [3.63, 3.8) is 0 Å². The van der Waals surface area contributed by atoms with Gasteiger partial charge in [-0.1, -0.05) is 21.1 Å². The van der Waals surface area contributed by atoms with Crippen LogP contribution in [0.15, 0.2) is 39.3 Å². The summed E-state index contributed by atoms with van der Waals surface area (Å²) in [4.78, 5) is 4.43. The van der Waals surface area contributed by atoms with Crippen LogP contribution in [0.2, 0.25) is 0 Å². The minimum atomic E-state index is 0. The number of aromatic nitrogens is 4. The fourth-order valence-electron chi connectivity index (χ4n) is 2.24. The summed E-state index contributed by atoms with van der Waals surface area (Å²) in [6.07, 6.45) is 0.715. The molecule has 8 heteroatoms. The Balaban J connectivity index is 0.00000208. The van der Waals surface area contributed by atoms with Crippen LogP contribution in [0.3, 0.4) is 0 Å². The molecule has 2 aromatic heterocycles. The Labute approximate surface area is 155 Å². The van der Waals surface area contributed by atoms with Gasteiger partial charge in [-0.15, -0.1) is 12.4 Å². The topological polar surface area (TPSA) is 68.8 Å². The summed E-state index contributed by atoms with van der Waals surface area (Å²) >= 11 is 3.44. The van der Waals surface area contributed by atoms with Gasteiger partial charge in [-0.25, -0.2) is 4.68 Å². The van der Waals surface area contributed by atoms with Crippen molar-refractivity contribution in [3.05, 3.63) is 46.3 Å². The van der Waals surface area contributed by atoms with Gasteiger partial charge in [0.15, 0.2) is 11.5 Å². The van der Waals surface area contributed by atoms with E-state index >= 15 is 0 Å². The van der Waals surface area contributed by atoms with E-state index in [9.17, 15) is 0 Å². The monoisotopic (exact) mass is 411 g/mol. The van der Waals surface area contributed by atoms with Crippen molar-refractivity contribution in [2.45, 2.75) is 26.3 Å². The van der Waals surface area contributed by atoms with Gasteiger partial charge in [0.1, 0.15) is 0 Å². The first-order valence-electron chi connectivity index (χ1n) is 7.39. The van der Waals surface area contributed by atoms with Crippen LogP contribution in [0, 0.1) is 6.92 Å². The molecule has 0 radical (unpaired) electrons. The van der Waals surface area contributed by atoms with E-state index in [1.807, 2.05) is 49.0 Å². The summed E-state index contributed by atoms with van der Waals surface area (Å²) in [5, 5.41) is 11.8. The average Bonchev–Trinajstić information content (AvgIpc) is 3.15. The molecule has 0 bridgehead atoms. The molecule has 0 aliphatic rings. The lowest BCUT2D eigenvalue weighted by atomic mass is 10.2. The number of aryl methyl sites for hydroxylation is 1. The third-order valence-electron chi connectivity index (χ3n) is 3.63. The van der Waals surface area contributed by atoms with Gasteiger partial charge in [-0.3, -0.25) is 0 Å². The molecule has 0 aliphatic heterocycles. The minimum absolute atomic E-state index is 0. The SMILES string of the molecule is CNC(C)Cc1noc(-c2cc(C)n(-c3ccc(Br)cc3)n2)n1.Cl. The maximum atomic E-state index is 5.35. The largest absolute Gasteiger partial charge is 0.332 e. The molecule has 1 aromatic carbocycles. The second kappa shape index (κ2) is 7.92. The highest BCUT2D eigenvalue weighted by molar-refractivity contribution is 9.10. The van der Waals surface area contributed by atoms with Crippen molar-refractivity contribution in [2.75, 3.05) is 7.05 Å². The van der Waals surface area contributed by atoms with E-state index in [0.29, 0.717) is 29.9 Å². The molecular weight excluding hydrogens is 394 g/mol. The molecule has 0 amide bonds. The summed E-state index contributed by atoms with van der Waals surface area (Å²) in [7, 11) is 1.91. The van der Waals surface area contributed by atoms with Crippen molar-refractivity contribution in [3.8, 4) is 17.3 Å². The number of halogens is 2. The zero-order valence-corrected chi connectivity index (χ0v) is 16.1. The first kappa shape index (κ1) is 18.6. The molecule has 6 nitrogen and oxygen atoms in total. The third-order valence-corrected chi connectivity index (χ3v) is 4.16. The summed E-state index contributed by atoms with van der Waals surface area (Å²) in [6, 6.07) is 10.2. The van der Waals surface area contributed by atoms with E-state index in [1.165, 1.54) is 0 Å². The maximum Gasteiger partial charge on any atom is 0.278 e. The molecule has 24 heavy (non-hydrogen) atoms. The molecule has 0 saturated carbocycles. The number of rotatable bonds is 5. The van der Waals surface area contributed by atoms with Crippen LogP contribution >= 0.6 is 28.3 Å². The van der Waals surface area contributed by atoms with Crippen LogP contribution in [0.1, 0.15) is 18.4 Å². The molecular formula is C16H19BrClN5O. The van der Waals surface area contributed by atoms with Gasteiger partial charge in [0, 0.05) is 22.6 Å². The number of hydrogen-bond donors (Lipinski definition) is 1. The molecule has 1 unspecified atom stereocenters. The molecule has 0 aliphatic carbocycles. The number of hydrogen-bond acceptors (Lipinski definition) is 5. The van der Waals surface area contributed by atoms with Gasteiger partial charge in [0.2, 0.25) is 0 Å². The van der Waals surface area contributed by atoms with Crippen LogP contribution in [0.4, 0.5) is 0 Å². The van der Waals surface area contributed by atoms with Gasteiger partial charge in [-0.2, -0.15) is 10.1 Å². The molecule has 1 N–H and O–H groups in total. The van der Waals surface area contributed by atoms with Crippen molar-refractivity contribution < 1.29 is 4.52 Å². The zero-order valence-electron chi connectivity index (χ0n) is 13.7. The predicted molar refractivity (Wildman–Crippen MR) is 98.8 cm³/mol. The van der Waals surface area contributed by atoms with E-state index in [4.69, 9.17) is 4.52 Å². The van der Waals surface area contributed by atoms with Crippen molar-refractivity contribution in [2.24, 2.45) is 0 Å². The highest BCUT2D eigenvalue weighted by Gasteiger charge is 2.15. The summed E-state index contributed by atoms with van der Waals surface area (Å²) in [5.74, 6) is 1.12. The quantitative estimate of drug-likeness (QED) is 0.694. The van der Waals surface area contributed by atoms with E-state index in [2.05, 4.69) is 43.4 Å². The van der Waals surface area contributed by atoms with Crippen molar-refractivity contribution in [1.29, 1.82) is 0 Å². The zero-order chi connectivity index (χ0) is 16.4. The predicted octanol–water partition coefficient (Wildman–Crippen LogP) is 3.57. The molecule has 0 fully saturated rings. The summed E-state index contributed by atoms with van der Waals surface area (Å²) in [6.45, 7) is 4.07. The molecule has 3 aromatic rings. The summed E-state index contributed by atoms with van der Waals surface area (Å²) in [5.41, 5.74) is 2.67. The van der Waals surface area contributed by atoms with Gasteiger partial charge < -0.3 is 9.84 Å². The lowest BCUT2D eigenvalue weighted by Gasteiger charge is -2.04. The van der Waals surface area contributed by atoms with Crippen molar-refractivity contribution in [1.82, 2.24) is 25.2 Å². The minimum Gasteiger partial charge on any atom is -0.332 e. The van der Waals surface area contributed by atoms with Gasteiger partial charge in [0.25, 0.3) is 5.89 Å². The molecule has 1 atom stereocenters. The number of nitrogens with zero attached hydrogens (tertiary/aromatic N) is 4. The van der Waals surface area contributed by atoms with E-state index in [1.54, 1.807) is 0 Å². The highest BCUT2D eigenvalue weighted by Crippen LogP contribution is 2.21. The third kappa shape index (κ3) is 4.03. The second-order valence-corrected chi connectivity index (χ2v) is 6.38. The maximum absolute atomic E-state index is 5.35. The van der Waals surface area contributed by atoms with Gasteiger partial charge in [-0.05, 0) is 51.2 Å². The number of benzene rings is 1. The van der Waals surface area contributed by atoms with Crippen LogP contribution in [-0.4, -0.2) is 33.0 Å². The molecule has 0 saturated heterocycles. The van der Waals surface area contributed by atoms with E-state index in [-0.39, 0.29) is 12.4 Å². The van der Waals surface area contributed by atoms with E-state index < -0.39 is 0 Å². The smallest absolute Gasteiger partial charge is 0.278 e. The van der Waals surface area contributed by atoms with Crippen LogP contribution in [0.25, 0.3) is 17.3 Å². The Bertz CT molecular complexity index is 799. The van der Waals surface area contributed by atoms with Crippen LogP contribution in [-0.2, 0) is 6.42 Å². The lowest BCUT2D eigenvalue weighted by molar-refractivity contribution is 0.417. The molecule has 3 rings (SSSR count). The Morgan fingerprint density at radius 1 is 1.29 bits per heavy atom. The average molecular weight is 413 g/mol. The number of nitrogens with one attached hydrogen (secondary N) is 1. The first-order chi connectivity index (χ1) is 11.1. The Morgan fingerprint density at radius 2 is 2.00 bits per heavy atom. The normalized spacial score (nSPS) is 12.0. The highest BCUT2D eigenvalue weighted by atomic mass is 79.9. The van der Waals surface area contributed by atoms with Crippen LogP contribution in [0.5, 0.6) is 0 Å². The second-order valence-electron chi connectivity index (χ2n) is 5.47. The number of likely N-dealkylation sites (N-methyl/N-ethyl adjacent to an activating group) is 1. The van der Waals surface area contributed by atoms with Crippen molar-refractivity contribution >= 4 is 28.3 Å². The molecule has 2 heterocycles. The van der Waals surface area contributed by atoms with Gasteiger partial charge >= 0.3 is 0 Å². The standard InChI is InChI=1S/C16H18BrN5O.ClH/c1-10(18-3)8-15-19-16(23-21-15)14-9-11(2)22(20-14)13-6-4-12(17)5-7-13;/h4-7,9-10,18H,8H2,1-3H3;1H. The Kier molecular flexibility index (Phi) is 6.15. The fraction of sp³-hybridized carbons (Fsp3) is 0.312. The first-order valence-corrected chi connectivity index (χ1v) is 8.19. The van der Waals surface area contributed by atoms with E-state index in [0.717, 1.165) is 15.9 Å².